The van der Waals surface area contributed by atoms with Gasteiger partial charge >= 0.3 is 0 Å². The van der Waals surface area contributed by atoms with Crippen LogP contribution >= 0.6 is 0 Å². The molecular formula is C17H34N2. The summed E-state index contributed by atoms with van der Waals surface area (Å²) in [5.41, 5.74) is 0.871. The lowest BCUT2D eigenvalue weighted by molar-refractivity contribution is -0.0107. The van der Waals surface area contributed by atoms with Crippen molar-refractivity contribution in [2.24, 2.45) is 5.41 Å². The van der Waals surface area contributed by atoms with E-state index in [0.29, 0.717) is 17.0 Å². The highest BCUT2D eigenvalue weighted by atomic mass is 15.3. The molecule has 1 spiro atoms. The number of hydrogen-bond donors (Lipinski definition) is 1. The first-order valence-corrected chi connectivity index (χ1v) is 8.46. The van der Waals surface area contributed by atoms with Gasteiger partial charge < -0.3 is 5.32 Å². The van der Waals surface area contributed by atoms with Gasteiger partial charge in [-0.1, -0.05) is 53.4 Å². The maximum Gasteiger partial charge on any atom is 0.0334 e. The first-order chi connectivity index (χ1) is 8.98. The number of nitrogens with one attached hydrogen (secondary N) is 1. The summed E-state index contributed by atoms with van der Waals surface area (Å²) in [5, 5.41) is 3.88. The van der Waals surface area contributed by atoms with Crippen LogP contribution in [0.2, 0.25) is 0 Å². The fourth-order valence-electron chi connectivity index (χ4n) is 3.86. The Kier molecular flexibility index (Phi) is 4.94. The summed E-state index contributed by atoms with van der Waals surface area (Å²) in [6.45, 7) is 13.2. The Bertz CT molecular complexity index is 273. The van der Waals surface area contributed by atoms with Crippen LogP contribution in [-0.4, -0.2) is 36.1 Å². The van der Waals surface area contributed by atoms with E-state index < -0.39 is 0 Å². The molecule has 2 aliphatic rings. The van der Waals surface area contributed by atoms with E-state index in [1.165, 1.54) is 64.6 Å². The largest absolute Gasteiger partial charge is 0.310 e. The molecule has 1 aliphatic heterocycles. The van der Waals surface area contributed by atoms with Crippen molar-refractivity contribution in [2.75, 3.05) is 19.6 Å². The van der Waals surface area contributed by atoms with E-state index in [1.807, 2.05) is 0 Å². The molecular weight excluding hydrogens is 232 g/mol. The van der Waals surface area contributed by atoms with Crippen molar-refractivity contribution in [3.63, 3.8) is 0 Å². The van der Waals surface area contributed by atoms with E-state index in [-0.39, 0.29) is 0 Å². The number of rotatable bonds is 3. The standard InChI is InChI=1S/C17H34N2/c1-5-6-12-19-13-15(16(2,3)4)18-14-17(19)10-8-7-9-11-17/h15,18H,5-14H2,1-4H3. The molecule has 112 valence electrons. The summed E-state index contributed by atoms with van der Waals surface area (Å²) >= 11 is 0. The Hall–Kier alpha value is -0.0800. The molecule has 19 heavy (non-hydrogen) atoms. The van der Waals surface area contributed by atoms with Gasteiger partial charge in [-0.25, -0.2) is 0 Å². The molecule has 1 aliphatic carbocycles. The van der Waals surface area contributed by atoms with Crippen LogP contribution in [0.15, 0.2) is 0 Å². The van der Waals surface area contributed by atoms with E-state index in [9.17, 15) is 0 Å². The van der Waals surface area contributed by atoms with Gasteiger partial charge in [0.1, 0.15) is 0 Å². The number of nitrogens with zero attached hydrogens (tertiary/aromatic N) is 1. The predicted molar refractivity (Wildman–Crippen MR) is 83.5 cm³/mol. The van der Waals surface area contributed by atoms with Crippen LogP contribution in [0.3, 0.4) is 0 Å². The molecule has 0 aromatic rings. The van der Waals surface area contributed by atoms with Crippen molar-refractivity contribution in [1.82, 2.24) is 10.2 Å². The highest BCUT2D eigenvalue weighted by Gasteiger charge is 2.43. The molecule has 2 rings (SSSR count). The molecule has 2 fully saturated rings. The van der Waals surface area contributed by atoms with Crippen molar-refractivity contribution in [3.05, 3.63) is 0 Å². The van der Waals surface area contributed by atoms with Gasteiger partial charge in [0.15, 0.2) is 0 Å². The summed E-state index contributed by atoms with van der Waals surface area (Å²) < 4.78 is 0. The Morgan fingerprint density at radius 1 is 1.16 bits per heavy atom. The Morgan fingerprint density at radius 3 is 2.42 bits per heavy atom. The van der Waals surface area contributed by atoms with Crippen molar-refractivity contribution < 1.29 is 0 Å². The molecule has 1 saturated heterocycles. The number of unbranched alkanes of at least 4 members (excludes halogenated alkanes) is 1. The van der Waals surface area contributed by atoms with Crippen molar-refractivity contribution in [3.8, 4) is 0 Å². The second-order valence-corrected chi connectivity index (χ2v) is 7.88. The monoisotopic (exact) mass is 266 g/mol. The highest BCUT2D eigenvalue weighted by molar-refractivity contribution is 5.02. The van der Waals surface area contributed by atoms with E-state index in [1.54, 1.807) is 0 Å². The van der Waals surface area contributed by atoms with Crippen molar-refractivity contribution in [2.45, 2.75) is 84.2 Å². The van der Waals surface area contributed by atoms with Crippen molar-refractivity contribution in [1.29, 1.82) is 0 Å². The molecule has 2 nitrogen and oxygen atoms in total. The van der Waals surface area contributed by atoms with Crippen molar-refractivity contribution >= 4 is 0 Å². The van der Waals surface area contributed by atoms with Gasteiger partial charge in [0.2, 0.25) is 0 Å². The number of piperazine rings is 1. The van der Waals surface area contributed by atoms with E-state index >= 15 is 0 Å². The zero-order valence-electron chi connectivity index (χ0n) is 13.6. The second kappa shape index (κ2) is 6.13. The molecule has 0 aromatic carbocycles. The average molecular weight is 266 g/mol. The van der Waals surface area contributed by atoms with Gasteiger partial charge in [-0.3, -0.25) is 4.90 Å². The summed E-state index contributed by atoms with van der Waals surface area (Å²) in [6, 6.07) is 0.650. The molecule has 2 heteroatoms. The van der Waals surface area contributed by atoms with E-state index in [4.69, 9.17) is 0 Å². The quantitative estimate of drug-likeness (QED) is 0.835. The third kappa shape index (κ3) is 3.52. The van der Waals surface area contributed by atoms with Gasteiger partial charge in [0, 0.05) is 24.7 Å². The summed E-state index contributed by atoms with van der Waals surface area (Å²) in [5.74, 6) is 0. The second-order valence-electron chi connectivity index (χ2n) is 7.88. The maximum absolute atomic E-state index is 3.88. The van der Waals surface area contributed by atoms with Gasteiger partial charge in [-0.2, -0.15) is 0 Å². The summed E-state index contributed by atoms with van der Waals surface area (Å²) in [7, 11) is 0. The summed E-state index contributed by atoms with van der Waals surface area (Å²) in [4.78, 5) is 2.86. The molecule has 1 N–H and O–H groups in total. The number of hydrogen-bond acceptors (Lipinski definition) is 2. The normalized spacial score (nSPS) is 28.7. The zero-order chi connectivity index (χ0) is 13.9. The molecule has 0 bridgehead atoms. The SMILES string of the molecule is CCCCN1CC(C(C)(C)C)NCC12CCCCC2. The van der Waals surface area contributed by atoms with Gasteiger partial charge in [-0.05, 0) is 31.2 Å². The van der Waals surface area contributed by atoms with E-state index in [0.717, 1.165) is 0 Å². The molecule has 1 saturated carbocycles. The molecule has 1 unspecified atom stereocenters. The molecule has 0 radical (unpaired) electrons. The first-order valence-electron chi connectivity index (χ1n) is 8.46. The smallest absolute Gasteiger partial charge is 0.0334 e. The highest BCUT2D eigenvalue weighted by Crippen LogP contribution is 2.37. The van der Waals surface area contributed by atoms with E-state index in [2.05, 4.69) is 37.9 Å². The van der Waals surface area contributed by atoms with Gasteiger partial charge in [0.25, 0.3) is 0 Å². The van der Waals surface area contributed by atoms with Crippen LogP contribution in [0.1, 0.15) is 72.6 Å². The minimum atomic E-state index is 0.376. The topological polar surface area (TPSA) is 15.3 Å². The zero-order valence-corrected chi connectivity index (χ0v) is 13.6. The van der Waals surface area contributed by atoms with Crippen LogP contribution < -0.4 is 5.32 Å². The van der Waals surface area contributed by atoms with Crippen LogP contribution in [0.4, 0.5) is 0 Å². The van der Waals surface area contributed by atoms with Gasteiger partial charge in [0.05, 0.1) is 0 Å². The third-order valence-corrected chi connectivity index (χ3v) is 5.36. The molecule has 1 atom stereocenters. The molecule has 0 amide bonds. The van der Waals surface area contributed by atoms with Crippen LogP contribution in [0, 0.1) is 5.41 Å². The Balaban J connectivity index is 2.07. The predicted octanol–water partition coefficient (Wildman–Crippen LogP) is 3.81. The average Bonchev–Trinajstić information content (AvgIpc) is 2.37. The summed E-state index contributed by atoms with van der Waals surface area (Å²) in [6.07, 6.45) is 9.83. The van der Waals surface area contributed by atoms with Gasteiger partial charge in [-0.15, -0.1) is 0 Å². The minimum absolute atomic E-state index is 0.376. The molecule has 1 heterocycles. The Labute approximate surface area is 120 Å². The first kappa shape index (κ1) is 15.3. The third-order valence-electron chi connectivity index (χ3n) is 5.36. The maximum atomic E-state index is 3.88. The lowest BCUT2D eigenvalue weighted by Crippen LogP contribution is -2.67. The Morgan fingerprint density at radius 2 is 1.84 bits per heavy atom. The minimum Gasteiger partial charge on any atom is -0.310 e. The van der Waals surface area contributed by atoms with Crippen LogP contribution in [0.25, 0.3) is 0 Å². The van der Waals surface area contributed by atoms with Crippen LogP contribution in [-0.2, 0) is 0 Å². The van der Waals surface area contributed by atoms with Crippen LogP contribution in [0.5, 0.6) is 0 Å². The lowest BCUT2D eigenvalue weighted by Gasteiger charge is -2.54. The lowest BCUT2D eigenvalue weighted by atomic mass is 9.75. The molecule has 0 aromatic heterocycles. The fourth-order valence-corrected chi connectivity index (χ4v) is 3.86. The fraction of sp³-hybridized carbons (Fsp3) is 1.00.